The minimum atomic E-state index is -4.03. The standard InChI is InChI=1S/C13H20F3N/c1-3-4-8-12(17-2)10-6-5-7-11(9-10)13(14,15)16/h10-12,17H,5-9H2,1-2H3. The van der Waals surface area contributed by atoms with Crippen molar-refractivity contribution in [2.75, 3.05) is 7.05 Å². The van der Waals surface area contributed by atoms with E-state index in [0.717, 1.165) is 6.42 Å². The van der Waals surface area contributed by atoms with Crippen molar-refractivity contribution < 1.29 is 13.2 Å². The van der Waals surface area contributed by atoms with E-state index in [9.17, 15) is 13.2 Å². The molecule has 1 aliphatic rings. The van der Waals surface area contributed by atoms with Crippen LogP contribution in [0.5, 0.6) is 0 Å². The molecule has 1 rings (SSSR count). The number of halogens is 3. The van der Waals surface area contributed by atoms with Crippen LogP contribution in [-0.2, 0) is 0 Å². The van der Waals surface area contributed by atoms with Crippen LogP contribution >= 0.6 is 0 Å². The quantitative estimate of drug-likeness (QED) is 0.754. The fraction of sp³-hybridized carbons (Fsp3) is 0.846. The monoisotopic (exact) mass is 247 g/mol. The van der Waals surface area contributed by atoms with Crippen molar-refractivity contribution in [2.24, 2.45) is 11.8 Å². The maximum atomic E-state index is 12.7. The van der Waals surface area contributed by atoms with Crippen molar-refractivity contribution in [3.05, 3.63) is 0 Å². The van der Waals surface area contributed by atoms with Gasteiger partial charge in [-0.05, 0) is 39.2 Å². The first-order valence-electron chi connectivity index (χ1n) is 6.12. The summed E-state index contributed by atoms with van der Waals surface area (Å²) in [5.41, 5.74) is 0. The summed E-state index contributed by atoms with van der Waals surface area (Å²) in [5.74, 6) is 4.74. The molecule has 1 saturated carbocycles. The van der Waals surface area contributed by atoms with E-state index in [2.05, 4.69) is 17.2 Å². The molecular weight excluding hydrogens is 227 g/mol. The van der Waals surface area contributed by atoms with Gasteiger partial charge < -0.3 is 5.32 Å². The number of rotatable bonds is 3. The summed E-state index contributed by atoms with van der Waals surface area (Å²) >= 11 is 0. The predicted octanol–water partition coefficient (Wildman–Crippen LogP) is 3.36. The third kappa shape index (κ3) is 4.23. The zero-order valence-corrected chi connectivity index (χ0v) is 10.4. The lowest BCUT2D eigenvalue weighted by atomic mass is 9.77. The van der Waals surface area contributed by atoms with Crippen LogP contribution in [0.25, 0.3) is 0 Å². The van der Waals surface area contributed by atoms with Gasteiger partial charge in [0.15, 0.2) is 0 Å². The van der Waals surface area contributed by atoms with Crippen molar-refractivity contribution in [2.45, 2.75) is 51.2 Å². The van der Waals surface area contributed by atoms with Crippen molar-refractivity contribution in [1.29, 1.82) is 0 Å². The van der Waals surface area contributed by atoms with Crippen molar-refractivity contribution >= 4 is 0 Å². The second-order valence-corrected chi connectivity index (χ2v) is 4.69. The van der Waals surface area contributed by atoms with Gasteiger partial charge in [0.05, 0.1) is 5.92 Å². The summed E-state index contributed by atoms with van der Waals surface area (Å²) in [5, 5.41) is 3.11. The van der Waals surface area contributed by atoms with Gasteiger partial charge in [-0.3, -0.25) is 0 Å². The molecule has 0 heterocycles. The fourth-order valence-electron chi connectivity index (χ4n) is 2.61. The van der Waals surface area contributed by atoms with Crippen LogP contribution in [0.15, 0.2) is 0 Å². The zero-order valence-electron chi connectivity index (χ0n) is 10.4. The highest BCUT2D eigenvalue weighted by Gasteiger charge is 2.43. The Balaban J connectivity index is 2.60. The van der Waals surface area contributed by atoms with Gasteiger partial charge in [-0.2, -0.15) is 13.2 Å². The summed E-state index contributed by atoms with van der Waals surface area (Å²) in [6.07, 6.45) is -1.30. The first-order chi connectivity index (χ1) is 7.99. The first-order valence-corrected chi connectivity index (χ1v) is 6.12. The van der Waals surface area contributed by atoms with E-state index in [1.54, 1.807) is 14.0 Å². The van der Waals surface area contributed by atoms with Gasteiger partial charge >= 0.3 is 6.18 Å². The summed E-state index contributed by atoms with van der Waals surface area (Å²) in [7, 11) is 1.80. The molecule has 0 aromatic rings. The van der Waals surface area contributed by atoms with Crippen LogP contribution < -0.4 is 5.32 Å². The second-order valence-electron chi connectivity index (χ2n) is 4.69. The molecule has 1 fully saturated rings. The van der Waals surface area contributed by atoms with E-state index in [1.165, 1.54) is 0 Å². The Morgan fingerprint density at radius 3 is 2.59 bits per heavy atom. The molecule has 98 valence electrons. The summed E-state index contributed by atoms with van der Waals surface area (Å²) < 4.78 is 38.1. The highest BCUT2D eigenvalue weighted by atomic mass is 19.4. The van der Waals surface area contributed by atoms with Gasteiger partial charge in [-0.25, -0.2) is 0 Å². The molecule has 0 saturated heterocycles. The van der Waals surface area contributed by atoms with Gasteiger partial charge in [0.25, 0.3) is 0 Å². The zero-order chi connectivity index (χ0) is 12.9. The Labute approximate surface area is 101 Å². The van der Waals surface area contributed by atoms with Gasteiger partial charge in [0.1, 0.15) is 0 Å². The average molecular weight is 247 g/mol. The predicted molar refractivity (Wildman–Crippen MR) is 62.4 cm³/mol. The minimum Gasteiger partial charge on any atom is -0.316 e. The lowest BCUT2D eigenvalue weighted by Crippen LogP contribution is -2.39. The molecular formula is C13H20F3N. The largest absolute Gasteiger partial charge is 0.391 e. The third-order valence-corrected chi connectivity index (χ3v) is 3.62. The maximum Gasteiger partial charge on any atom is 0.391 e. The normalized spacial score (nSPS) is 27.1. The molecule has 17 heavy (non-hydrogen) atoms. The topological polar surface area (TPSA) is 12.0 Å². The Morgan fingerprint density at radius 2 is 2.06 bits per heavy atom. The fourth-order valence-corrected chi connectivity index (χ4v) is 2.61. The van der Waals surface area contributed by atoms with Crippen LogP contribution in [0.1, 0.15) is 39.0 Å². The smallest absolute Gasteiger partial charge is 0.316 e. The van der Waals surface area contributed by atoms with E-state index in [-0.39, 0.29) is 24.8 Å². The van der Waals surface area contributed by atoms with E-state index < -0.39 is 12.1 Å². The summed E-state index contributed by atoms with van der Waals surface area (Å²) in [6.45, 7) is 1.76. The summed E-state index contributed by atoms with van der Waals surface area (Å²) in [6, 6.07) is 0.0904. The van der Waals surface area contributed by atoms with E-state index in [4.69, 9.17) is 0 Å². The number of hydrogen-bond acceptors (Lipinski definition) is 1. The van der Waals surface area contributed by atoms with Gasteiger partial charge in [-0.1, -0.05) is 6.42 Å². The summed E-state index contributed by atoms with van der Waals surface area (Å²) in [4.78, 5) is 0. The molecule has 0 amide bonds. The lowest BCUT2D eigenvalue weighted by Gasteiger charge is -2.34. The van der Waals surface area contributed by atoms with Crippen LogP contribution in [0.2, 0.25) is 0 Å². The minimum absolute atomic E-state index is 0.0904. The molecule has 1 N–H and O–H groups in total. The number of nitrogens with one attached hydrogen (secondary N) is 1. The van der Waals surface area contributed by atoms with Crippen LogP contribution in [-0.4, -0.2) is 19.3 Å². The van der Waals surface area contributed by atoms with Crippen molar-refractivity contribution in [3.63, 3.8) is 0 Å². The molecule has 1 aliphatic carbocycles. The Kier molecular flexibility index (Phi) is 5.32. The molecule has 0 aromatic carbocycles. The molecule has 1 nitrogen and oxygen atoms in total. The van der Waals surface area contributed by atoms with Crippen molar-refractivity contribution in [3.8, 4) is 11.8 Å². The van der Waals surface area contributed by atoms with E-state index in [1.807, 2.05) is 0 Å². The third-order valence-electron chi connectivity index (χ3n) is 3.62. The molecule has 0 radical (unpaired) electrons. The van der Waals surface area contributed by atoms with Crippen LogP contribution in [0.3, 0.4) is 0 Å². The SMILES string of the molecule is CC#CCC(NC)C1CCCC(C(F)(F)F)C1. The highest BCUT2D eigenvalue weighted by Crippen LogP contribution is 2.41. The molecule has 3 atom stereocenters. The number of alkyl halides is 3. The molecule has 4 heteroatoms. The van der Waals surface area contributed by atoms with Gasteiger partial charge in [-0.15, -0.1) is 11.8 Å². The lowest BCUT2D eigenvalue weighted by molar-refractivity contribution is -0.186. The molecule has 3 unspecified atom stereocenters. The Bertz CT molecular complexity index is 287. The highest BCUT2D eigenvalue weighted by molar-refractivity contribution is 5.00. The van der Waals surface area contributed by atoms with Gasteiger partial charge in [0, 0.05) is 12.5 Å². The second kappa shape index (κ2) is 6.30. The first kappa shape index (κ1) is 14.4. The Hall–Kier alpha value is -0.690. The average Bonchev–Trinajstić information content (AvgIpc) is 2.29. The number of hydrogen-bond donors (Lipinski definition) is 1. The maximum absolute atomic E-state index is 12.7. The Morgan fingerprint density at radius 1 is 1.35 bits per heavy atom. The van der Waals surface area contributed by atoms with E-state index in [0.29, 0.717) is 12.8 Å². The van der Waals surface area contributed by atoms with E-state index >= 15 is 0 Å². The van der Waals surface area contributed by atoms with Gasteiger partial charge in [0.2, 0.25) is 0 Å². The van der Waals surface area contributed by atoms with Crippen LogP contribution in [0.4, 0.5) is 13.2 Å². The molecule has 0 aromatic heterocycles. The van der Waals surface area contributed by atoms with Crippen molar-refractivity contribution in [1.82, 2.24) is 5.32 Å². The van der Waals surface area contributed by atoms with Crippen LogP contribution in [0, 0.1) is 23.7 Å². The molecule has 0 bridgehead atoms. The molecule has 0 aliphatic heterocycles. The molecule has 0 spiro atoms.